The van der Waals surface area contributed by atoms with Crippen LogP contribution in [-0.2, 0) is 0 Å². The van der Waals surface area contributed by atoms with Gasteiger partial charge in [-0.1, -0.05) is 0 Å². The van der Waals surface area contributed by atoms with Gasteiger partial charge in [-0.15, -0.1) is 0 Å². The van der Waals surface area contributed by atoms with Crippen LogP contribution in [0.4, 0.5) is 5.82 Å². The van der Waals surface area contributed by atoms with Crippen molar-refractivity contribution in [2.75, 3.05) is 12.4 Å². The number of hydrogen-bond donors (Lipinski definition) is 2. The summed E-state index contributed by atoms with van der Waals surface area (Å²) in [7, 11) is 1.47. The monoisotopic (exact) mass is 223 g/mol. The van der Waals surface area contributed by atoms with Crippen LogP contribution >= 0.6 is 0 Å². The van der Waals surface area contributed by atoms with Crippen LogP contribution in [0.5, 0.6) is 5.75 Å². The first-order valence-electron chi connectivity index (χ1n) is 5.44. The number of hydrogen-bond acceptors (Lipinski definition) is 4. The standard InChI is InChI=1S/C11H17N3O2/c1-11(2,7-4-5-7)14-9-8(16-3)10(15)13-6-12-9/h6-7H,4-5H2,1-3H3,(H2,12,13,14,15). The lowest BCUT2D eigenvalue weighted by molar-refractivity contribution is 0.403. The van der Waals surface area contributed by atoms with Crippen LogP contribution in [0.15, 0.2) is 11.1 Å². The Balaban J connectivity index is 2.27. The number of aromatic nitrogens is 2. The molecule has 0 amide bonds. The summed E-state index contributed by atoms with van der Waals surface area (Å²) in [5.41, 5.74) is -0.305. The summed E-state index contributed by atoms with van der Waals surface area (Å²) in [4.78, 5) is 18.1. The Morgan fingerprint density at radius 1 is 1.56 bits per heavy atom. The summed E-state index contributed by atoms with van der Waals surface area (Å²) in [6, 6.07) is 0. The van der Waals surface area contributed by atoms with Crippen molar-refractivity contribution in [3.05, 3.63) is 16.7 Å². The molecule has 0 aromatic carbocycles. The van der Waals surface area contributed by atoms with Gasteiger partial charge in [0.1, 0.15) is 0 Å². The molecule has 0 aliphatic heterocycles. The summed E-state index contributed by atoms with van der Waals surface area (Å²) in [6.45, 7) is 4.24. The lowest BCUT2D eigenvalue weighted by Crippen LogP contribution is -2.34. The lowest BCUT2D eigenvalue weighted by atomic mass is 9.99. The minimum atomic E-state index is -0.258. The highest BCUT2D eigenvalue weighted by Crippen LogP contribution is 2.41. The van der Waals surface area contributed by atoms with E-state index in [1.54, 1.807) is 0 Å². The molecule has 0 unspecified atom stereocenters. The van der Waals surface area contributed by atoms with E-state index >= 15 is 0 Å². The van der Waals surface area contributed by atoms with Gasteiger partial charge in [0, 0.05) is 5.54 Å². The fraction of sp³-hybridized carbons (Fsp3) is 0.636. The van der Waals surface area contributed by atoms with Gasteiger partial charge in [0.15, 0.2) is 5.82 Å². The van der Waals surface area contributed by atoms with Crippen LogP contribution < -0.4 is 15.6 Å². The van der Waals surface area contributed by atoms with Gasteiger partial charge in [0.25, 0.3) is 5.56 Å². The first kappa shape index (κ1) is 11.0. The number of ether oxygens (including phenoxy) is 1. The summed E-state index contributed by atoms with van der Waals surface area (Å²) in [6.07, 6.45) is 3.84. The third kappa shape index (κ3) is 2.03. The highest BCUT2D eigenvalue weighted by molar-refractivity contribution is 5.50. The minimum Gasteiger partial charge on any atom is -0.489 e. The summed E-state index contributed by atoms with van der Waals surface area (Å²) in [5.74, 6) is 1.41. The molecule has 5 nitrogen and oxygen atoms in total. The van der Waals surface area contributed by atoms with Gasteiger partial charge < -0.3 is 15.0 Å². The van der Waals surface area contributed by atoms with E-state index in [0.29, 0.717) is 11.7 Å². The van der Waals surface area contributed by atoms with Crippen molar-refractivity contribution in [3.8, 4) is 5.75 Å². The fourth-order valence-corrected chi connectivity index (χ4v) is 1.88. The van der Waals surface area contributed by atoms with Crippen LogP contribution in [0, 0.1) is 5.92 Å². The number of nitrogens with zero attached hydrogens (tertiary/aromatic N) is 1. The van der Waals surface area contributed by atoms with Crippen molar-refractivity contribution >= 4 is 5.82 Å². The zero-order valence-corrected chi connectivity index (χ0v) is 9.83. The predicted molar refractivity (Wildman–Crippen MR) is 61.8 cm³/mol. The molecule has 88 valence electrons. The average Bonchev–Trinajstić information content (AvgIpc) is 3.00. The van der Waals surface area contributed by atoms with E-state index in [9.17, 15) is 4.79 Å². The van der Waals surface area contributed by atoms with Gasteiger partial charge >= 0.3 is 0 Å². The number of methoxy groups -OCH3 is 1. The van der Waals surface area contributed by atoms with Gasteiger partial charge in [-0.3, -0.25) is 4.79 Å². The molecule has 0 spiro atoms. The highest BCUT2D eigenvalue weighted by atomic mass is 16.5. The molecule has 5 heteroatoms. The first-order valence-corrected chi connectivity index (χ1v) is 5.44. The molecule has 0 saturated heterocycles. The maximum Gasteiger partial charge on any atom is 0.295 e. The van der Waals surface area contributed by atoms with Crippen molar-refractivity contribution < 1.29 is 4.74 Å². The Bertz CT molecular complexity index is 435. The van der Waals surface area contributed by atoms with E-state index in [1.807, 2.05) is 0 Å². The highest BCUT2D eigenvalue weighted by Gasteiger charge is 2.38. The van der Waals surface area contributed by atoms with Gasteiger partial charge in [-0.2, -0.15) is 0 Å². The van der Waals surface area contributed by atoms with E-state index < -0.39 is 0 Å². The second-order valence-electron chi connectivity index (χ2n) is 4.73. The Hall–Kier alpha value is -1.52. The number of H-pyrrole nitrogens is 1. The first-order chi connectivity index (χ1) is 7.54. The molecule has 2 N–H and O–H groups in total. The zero-order chi connectivity index (χ0) is 11.8. The van der Waals surface area contributed by atoms with Crippen molar-refractivity contribution in [1.82, 2.24) is 9.97 Å². The molecule has 1 aromatic heterocycles. The number of rotatable bonds is 4. The smallest absolute Gasteiger partial charge is 0.295 e. The van der Waals surface area contributed by atoms with Gasteiger partial charge in [0.05, 0.1) is 13.4 Å². The predicted octanol–water partition coefficient (Wildman–Crippen LogP) is 1.38. The second-order valence-corrected chi connectivity index (χ2v) is 4.73. The Kier molecular flexibility index (Phi) is 2.61. The molecule has 1 aromatic rings. The molecule has 1 heterocycles. The van der Waals surface area contributed by atoms with E-state index in [4.69, 9.17) is 4.74 Å². The number of nitrogens with one attached hydrogen (secondary N) is 2. The van der Waals surface area contributed by atoms with Crippen molar-refractivity contribution in [2.45, 2.75) is 32.2 Å². The molecular weight excluding hydrogens is 206 g/mol. The van der Waals surface area contributed by atoms with Crippen molar-refractivity contribution in [3.63, 3.8) is 0 Å². The van der Waals surface area contributed by atoms with Crippen LogP contribution in [-0.4, -0.2) is 22.6 Å². The number of aromatic amines is 1. The van der Waals surface area contributed by atoms with E-state index in [1.165, 1.54) is 26.3 Å². The molecule has 16 heavy (non-hydrogen) atoms. The molecule has 1 saturated carbocycles. The Morgan fingerprint density at radius 3 is 2.81 bits per heavy atom. The molecule has 2 rings (SSSR count). The second kappa shape index (κ2) is 3.81. The summed E-state index contributed by atoms with van der Waals surface area (Å²) in [5, 5.41) is 3.28. The van der Waals surface area contributed by atoms with Crippen molar-refractivity contribution in [1.29, 1.82) is 0 Å². The molecular formula is C11H17N3O2. The van der Waals surface area contributed by atoms with Crippen LogP contribution in [0.25, 0.3) is 0 Å². The fourth-order valence-electron chi connectivity index (χ4n) is 1.88. The van der Waals surface area contributed by atoms with E-state index in [-0.39, 0.29) is 16.8 Å². The molecule has 1 fully saturated rings. The van der Waals surface area contributed by atoms with Crippen LogP contribution in [0.3, 0.4) is 0 Å². The summed E-state index contributed by atoms with van der Waals surface area (Å²) < 4.78 is 5.05. The van der Waals surface area contributed by atoms with Gasteiger partial charge in [0.2, 0.25) is 5.75 Å². The maximum absolute atomic E-state index is 11.5. The Morgan fingerprint density at radius 2 is 2.25 bits per heavy atom. The lowest BCUT2D eigenvalue weighted by Gasteiger charge is -2.27. The van der Waals surface area contributed by atoms with E-state index in [0.717, 1.165) is 0 Å². The van der Waals surface area contributed by atoms with Crippen molar-refractivity contribution in [2.24, 2.45) is 5.92 Å². The van der Waals surface area contributed by atoms with E-state index in [2.05, 4.69) is 29.1 Å². The largest absolute Gasteiger partial charge is 0.489 e. The van der Waals surface area contributed by atoms with Gasteiger partial charge in [-0.05, 0) is 32.6 Å². The molecule has 1 aliphatic rings. The van der Waals surface area contributed by atoms with Gasteiger partial charge in [-0.25, -0.2) is 4.98 Å². The SMILES string of the molecule is COc1c(NC(C)(C)C2CC2)nc[nH]c1=O. The van der Waals surface area contributed by atoms with Crippen LogP contribution in [0.2, 0.25) is 0 Å². The summed E-state index contributed by atoms with van der Waals surface area (Å²) >= 11 is 0. The number of anilines is 1. The third-order valence-corrected chi connectivity index (χ3v) is 3.05. The topological polar surface area (TPSA) is 67.0 Å². The van der Waals surface area contributed by atoms with Crippen LogP contribution in [0.1, 0.15) is 26.7 Å². The third-order valence-electron chi connectivity index (χ3n) is 3.05. The maximum atomic E-state index is 11.5. The molecule has 0 atom stereocenters. The minimum absolute atomic E-state index is 0.0475. The molecule has 0 bridgehead atoms. The Labute approximate surface area is 94.2 Å². The zero-order valence-electron chi connectivity index (χ0n) is 9.83. The molecule has 0 radical (unpaired) electrons. The quantitative estimate of drug-likeness (QED) is 0.809. The molecule has 1 aliphatic carbocycles. The average molecular weight is 223 g/mol. The normalized spacial score (nSPS) is 15.9.